The summed E-state index contributed by atoms with van der Waals surface area (Å²) in [5.41, 5.74) is 6.77. The fraction of sp³-hybridized carbons (Fsp3) is 0.500. The van der Waals surface area contributed by atoms with Gasteiger partial charge in [0, 0.05) is 31.5 Å². The summed E-state index contributed by atoms with van der Waals surface area (Å²) in [7, 11) is 0. The third-order valence-electron chi connectivity index (χ3n) is 2.95. The minimum Gasteiger partial charge on any atom is -0.352 e. The van der Waals surface area contributed by atoms with Gasteiger partial charge in [0.25, 0.3) is 0 Å². The molecule has 1 atom stereocenters. The largest absolute Gasteiger partial charge is 0.352 e. The molecule has 0 bridgehead atoms. The van der Waals surface area contributed by atoms with Gasteiger partial charge in [0.2, 0.25) is 5.65 Å². The number of hydrogen-bond donors (Lipinski definition) is 1. The lowest BCUT2D eigenvalue weighted by molar-refractivity contribution is 0.503. The summed E-state index contributed by atoms with van der Waals surface area (Å²) in [5.74, 6) is 0.884. The normalized spacial score (nSPS) is 21.6. The highest BCUT2D eigenvalue weighted by Crippen LogP contribution is 2.20. The highest BCUT2D eigenvalue weighted by Gasteiger charge is 2.20. The molecule has 6 nitrogen and oxygen atoms in total. The number of rotatable bonds is 1. The molecule has 1 saturated heterocycles. The number of nitrogens with zero attached hydrogens (tertiary/aromatic N) is 5. The smallest absolute Gasteiger partial charge is 0.203 e. The third kappa shape index (κ3) is 1.51. The van der Waals surface area contributed by atoms with E-state index in [1.165, 1.54) is 0 Å². The summed E-state index contributed by atoms with van der Waals surface area (Å²) in [6.07, 6.45) is 7.50. The first-order valence-corrected chi connectivity index (χ1v) is 5.49. The highest BCUT2D eigenvalue weighted by atomic mass is 15.3. The van der Waals surface area contributed by atoms with E-state index in [9.17, 15) is 0 Å². The predicted molar refractivity (Wildman–Crippen MR) is 60.2 cm³/mol. The Kier molecular flexibility index (Phi) is 2.21. The van der Waals surface area contributed by atoms with E-state index in [4.69, 9.17) is 5.73 Å². The lowest BCUT2D eigenvalue weighted by Gasteiger charge is -2.31. The van der Waals surface area contributed by atoms with E-state index < -0.39 is 0 Å². The van der Waals surface area contributed by atoms with Crippen LogP contribution in [-0.4, -0.2) is 38.7 Å². The van der Waals surface area contributed by atoms with Crippen LogP contribution in [0, 0.1) is 0 Å². The number of piperidine rings is 1. The second-order valence-corrected chi connectivity index (χ2v) is 4.16. The van der Waals surface area contributed by atoms with Crippen LogP contribution in [0.25, 0.3) is 5.65 Å². The van der Waals surface area contributed by atoms with E-state index in [2.05, 4.69) is 20.1 Å². The van der Waals surface area contributed by atoms with Gasteiger partial charge in [-0.15, -0.1) is 10.2 Å². The van der Waals surface area contributed by atoms with Crippen LogP contribution in [0.1, 0.15) is 12.8 Å². The Morgan fingerprint density at radius 3 is 3.25 bits per heavy atom. The molecule has 2 aromatic rings. The standard InChI is InChI=1S/C10H14N6/c11-8-2-1-4-15(6-8)9-10-14-13-7-16(10)5-3-12-9/h3,5,7-8H,1-2,4,6,11H2/t8-/m0/s1. The van der Waals surface area contributed by atoms with Crippen LogP contribution >= 0.6 is 0 Å². The molecular formula is C10H14N6. The number of anilines is 1. The second-order valence-electron chi connectivity index (χ2n) is 4.16. The molecule has 84 valence electrons. The van der Waals surface area contributed by atoms with Crippen molar-refractivity contribution in [3.8, 4) is 0 Å². The highest BCUT2D eigenvalue weighted by molar-refractivity contribution is 5.63. The molecule has 0 aliphatic carbocycles. The molecule has 0 saturated carbocycles. The zero-order valence-corrected chi connectivity index (χ0v) is 8.95. The van der Waals surface area contributed by atoms with Crippen molar-refractivity contribution in [3.05, 3.63) is 18.7 Å². The van der Waals surface area contributed by atoms with Crippen LogP contribution in [0.2, 0.25) is 0 Å². The fourth-order valence-electron chi connectivity index (χ4n) is 2.17. The minimum atomic E-state index is 0.235. The van der Waals surface area contributed by atoms with Gasteiger partial charge < -0.3 is 10.6 Å². The van der Waals surface area contributed by atoms with Gasteiger partial charge in [-0.05, 0) is 12.8 Å². The Morgan fingerprint density at radius 2 is 2.38 bits per heavy atom. The van der Waals surface area contributed by atoms with Crippen molar-refractivity contribution < 1.29 is 0 Å². The summed E-state index contributed by atoms with van der Waals surface area (Å²) in [5, 5.41) is 7.98. The van der Waals surface area contributed by atoms with Crippen LogP contribution in [0.15, 0.2) is 18.7 Å². The monoisotopic (exact) mass is 218 g/mol. The van der Waals surface area contributed by atoms with Crippen molar-refractivity contribution in [1.82, 2.24) is 19.6 Å². The van der Waals surface area contributed by atoms with Crippen molar-refractivity contribution in [2.24, 2.45) is 5.73 Å². The molecule has 0 aromatic carbocycles. The maximum Gasteiger partial charge on any atom is 0.203 e. The molecule has 0 spiro atoms. The van der Waals surface area contributed by atoms with Crippen molar-refractivity contribution in [3.63, 3.8) is 0 Å². The third-order valence-corrected chi connectivity index (χ3v) is 2.95. The Balaban J connectivity index is 2.01. The molecule has 16 heavy (non-hydrogen) atoms. The first kappa shape index (κ1) is 9.53. The van der Waals surface area contributed by atoms with E-state index in [1.54, 1.807) is 12.5 Å². The maximum absolute atomic E-state index is 5.97. The van der Waals surface area contributed by atoms with Gasteiger partial charge in [0.15, 0.2) is 5.82 Å². The second kappa shape index (κ2) is 3.71. The lowest BCUT2D eigenvalue weighted by Crippen LogP contribution is -2.43. The van der Waals surface area contributed by atoms with Gasteiger partial charge in [-0.3, -0.25) is 4.40 Å². The number of hydrogen-bond acceptors (Lipinski definition) is 5. The van der Waals surface area contributed by atoms with Gasteiger partial charge in [-0.2, -0.15) is 0 Å². The zero-order valence-electron chi connectivity index (χ0n) is 8.95. The van der Waals surface area contributed by atoms with Crippen LogP contribution in [0.5, 0.6) is 0 Å². The summed E-state index contributed by atoms with van der Waals surface area (Å²) >= 11 is 0. The summed E-state index contributed by atoms with van der Waals surface area (Å²) < 4.78 is 1.88. The number of fused-ring (bicyclic) bond motifs is 1. The Hall–Kier alpha value is -1.69. The molecule has 3 rings (SSSR count). The van der Waals surface area contributed by atoms with E-state index in [0.29, 0.717) is 0 Å². The molecule has 1 fully saturated rings. The summed E-state index contributed by atoms with van der Waals surface area (Å²) in [4.78, 5) is 6.58. The van der Waals surface area contributed by atoms with Crippen molar-refractivity contribution >= 4 is 11.5 Å². The molecule has 3 heterocycles. The topological polar surface area (TPSA) is 72.3 Å². The average Bonchev–Trinajstić information content (AvgIpc) is 2.76. The van der Waals surface area contributed by atoms with Crippen molar-refractivity contribution in [2.45, 2.75) is 18.9 Å². The molecule has 1 aliphatic rings. The fourth-order valence-corrected chi connectivity index (χ4v) is 2.17. The summed E-state index contributed by atoms with van der Waals surface area (Å²) in [6, 6.07) is 0.235. The summed E-state index contributed by atoms with van der Waals surface area (Å²) in [6.45, 7) is 1.84. The molecule has 2 aromatic heterocycles. The van der Waals surface area contributed by atoms with Gasteiger partial charge in [0.1, 0.15) is 6.33 Å². The Morgan fingerprint density at radius 1 is 1.44 bits per heavy atom. The Bertz CT molecular complexity index is 493. The van der Waals surface area contributed by atoms with Gasteiger partial charge in [-0.1, -0.05) is 0 Å². The van der Waals surface area contributed by atoms with Crippen LogP contribution < -0.4 is 10.6 Å². The van der Waals surface area contributed by atoms with E-state index in [0.717, 1.165) is 37.4 Å². The van der Waals surface area contributed by atoms with E-state index >= 15 is 0 Å². The van der Waals surface area contributed by atoms with E-state index in [-0.39, 0.29) is 6.04 Å². The molecule has 0 radical (unpaired) electrons. The van der Waals surface area contributed by atoms with Gasteiger partial charge >= 0.3 is 0 Å². The SMILES string of the molecule is N[C@H]1CCCN(c2nccn3cnnc23)C1. The lowest BCUT2D eigenvalue weighted by atomic mass is 10.1. The van der Waals surface area contributed by atoms with Crippen LogP contribution in [-0.2, 0) is 0 Å². The molecule has 1 aliphatic heterocycles. The number of nitrogens with two attached hydrogens (primary N) is 1. The van der Waals surface area contributed by atoms with Crippen LogP contribution in [0.4, 0.5) is 5.82 Å². The molecule has 2 N–H and O–H groups in total. The average molecular weight is 218 g/mol. The Labute approximate surface area is 93.1 Å². The van der Waals surface area contributed by atoms with Crippen molar-refractivity contribution in [2.75, 3.05) is 18.0 Å². The molecule has 6 heteroatoms. The van der Waals surface area contributed by atoms with Crippen molar-refractivity contribution in [1.29, 1.82) is 0 Å². The molecular weight excluding hydrogens is 204 g/mol. The quantitative estimate of drug-likeness (QED) is 0.732. The zero-order chi connectivity index (χ0) is 11.0. The van der Waals surface area contributed by atoms with Gasteiger partial charge in [0.05, 0.1) is 0 Å². The molecule has 0 unspecified atom stereocenters. The first-order valence-electron chi connectivity index (χ1n) is 5.49. The van der Waals surface area contributed by atoms with E-state index in [1.807, 2.05) is 10.6 Å². The van der Waals surface area contributed by atoms with Crippen LogP contribution in [0.3, 0.4) is 0 Å². The molecule has 0 amide bonds. The minimum absolute atomic E-state index is 0.235. The maximum atomic E-state index is 5.97. The van der Waals surface area contributed by atoms with Gasteiger partial charge in [-0.25, -0.2) is 4.98 Å². The first-order chi connectivity index (χ1) is 7.84. The predicted octanol–water partition coefficient (Wildman–Crippen LogP) is 0.0518. The number of aromatic nitrogens is 4.